The standard InChI is InChI=1S/C23H22N6O2S2/c1-12-3-2-4-13(7-12)19-18(27-22(24)33-19)21(31)29-11-14-8-15(14)16(29)9-25-20(30)17-10-26-23-28(17)5-6-32-23/h2-7,10,14-16H,8-9,11H2,1H3,(H2,24,27)(H,25,30)/t14-,15-,16-/m1/s1. The van der Waals surface area contributed by atoms with Crippen molar-refractivity contribution in [3.8, 4) is 10.4 Å². The number of fused-ring (bicyclic) bond motifs is 2. The van der Waals surface area contributed by atoms with Gasteiger partial charge in [0.1, 0.15) is 11.4 Å². The first-order chi connectivity index (χ1) is 16.0. The highest BCUT2D eigenvalue weighted by Crippen LogP contribution is 2.50. The van der Waals surface area contributed by atoms with Crippen molar-refractivity contribution in [1.82, 2.24) is 24.6 Å². The van der Waals surface area contributed by atoms with E-state index in [1.807, 2.05) is 47.7 Å². The van der Waals surface area contributed by atoms with E-state index in [0.717, 1.165) is 27.4 Å². The second-order valence-electron chi connectivity index (χ2n) is 8.69. The molecule has 2 amide bonds. The van der Waals surface area contributed by atoms with E-state index in [0.29, 0.717) is 41.4 Å². The number of aromatic nitrogens is 3. The molecule has 4 heterocycles. The van der Waals surface area contributed by atoms with Crippen LogP contribution in [0.4, 0.5) is 5.13 Å². The third-order valence-corrected chi connectivity index (χ3v) is 8.25. The molecule has 0 unspecified atom stereocenters. The van der Waals surface area contributed by atoms with E-state index in [4.69, 9.17) is 5.73 Å². The van der Waals surface area contributed by atoms with Gasteiger partial charge in [0.05, 0.1) is 17.1 Å². The number of carbonyl (C=O) groups is 2. The van der Waals surface area contributed by atoms with Gasteiger partial charge in [0.25, 0.3) is 11.8 Å². The lowest BCUT2D eigenvalue weighted by atomic mass is 10.1. The number of piperidine rings is 1. The number of imidazole rings is 1. The molecule has 0 spiro atoms. The summed E-state index contributed by atoms with van der Waals surface area (Å²) < 4.78 is 1.78. The number of nitrogen functional groups attached to an aromatic ring is 1. The zero-order valence-corrected chi connectivity index (χ0v) is 19.5. The van der Waals surface area contributed by atoms with Gasteiger partial charge in [-0.2, -0.15) is 0 Å². The molecule has 1 saturated heterocycles. The van der Waals surface area contributed by atoms with Gasteiger partial charge in [-0.05, 0) is 30.7 Å². The number of aryl methyl sites for hydroxylation is 1. The Labute approximate surface area is 198 Å². The van der Waals surface area contributed by atoms with Crippen LogP contribution in [0.5, 0.6) is 0 Å². The van der Waals surface area contributed by atoms with Gasteiger partial charge in [-0.25, -0.2) is 9.97 Å². The van der Waals surface area contributed by atoms with E-state index in [9.17, 15) is 9.59 Å². The first-order valence-electron chi connectivity index (χ1n) is 10.8. The summed E-state index contributed by atoms with van der Waals surface area (Å²) in [7, 11) is 0. The number of anilines is 1. The van der Waals surface area contributed by atoms with E-state index in [2.05, 4.69) is 15.3 Å². The molecule has 10 heteroatoms. The molecule has 0 bridgehead atoms. The van der Waals surface area contributed by atoms with E-state index in [1.165, 1.54) is 22.7 Å². The van der Waals surface area contributed by atoms with Gasteiger partial charge < -0.3 is 16.0 Å². The zero-order valence-electron chi connectivity index (χ0n) is 17.9. The summed E-state index contributed by atoms with van der Waals surface area (Å²) in [5, 5.41) is 5.31. The normalized spacial score (nSPS) is 21.4. The molecule has 3 N–H and O–H groups in total. The maximum absolute atomic E-state index is 13.6. The number of nitrogens with zero attached hydrogens (tertiary/aromatic N) is 4. The Morgan fingerprint density at radius 2 is 2.21 bits per heavy atom. The number of likely N-dealkylation sites (tertiary alicyclic amines) is 1. The SMILES string of the molecule is Cc1cccc(-c2sc(N)nc2C(=O)N2C[C@H]3C[C@H]3[C@H]2CNC(=O)c2cnc3sccn23)c1. The summed E-state index contributed by atoms with van der Waals surface area (Å²) in [6.07, 6.45) is 4.52. The number of thiazole rings is 2. The van der Waals surface area contributed by atoms with Gasteiger partial charge in [-0.1, -0.05) is 41.2 Å². The van der Waals surface area contributed by atoms with Crippen LogP contribution in [0.2, 0.25) is 0 Å². The molecule has 1 aliphatic carbocycles. The molecule has 3 aromatic heterocycles. The van der Waals surface area contributed by atoms with Crippen molar-refractivity contribution in [2.45, 2.75) is 19.4 Å². The molecule has 1 saturated carbocycles. The van der Waals surface area contributed by atoms with Crippen molar-refractivity contribution in [3.63, 3.8) is 0 Å². The lowest BCUT2D eigenvalue weighted by Gasteiger charge is -2.27. The number of amides is 2. The highest BCUT2D eigenvalue weighted by Gasteiger charge is 2.54. The quantitative estimate of drug-likeness (QED) is 0.458. The molecule has 4 aromatic rings. The Morgan fingerprint density at radius 3 is 3.06 bits per heavy atom. The average molecular weight is 479 g/mol. The second-order valence-corrected chi connectivity index (χ2v) is 10.6. The van der Waals surface area contributed by atoms with E-state index in [1.54, 1.807) is 10.6 Å². The molecular formula is C23H22N6O2S2. The van der Waals surface area contributed by atoms with E-state index >= 15 is 0 Å². The van der Waals surface area contributed by atoms with Crippen LogP contribution in [0.1, 0.15) is 33.0 Å². The number of rotatable bonds is 5. The van der Waals surface area contributed by atoms with Crippen molar-refractivity contribution >= 4 is 44.6 Å². The first kappa shape index (κ1) is 20.4. The van der Waals surface area contributed by atoms with Crippen molar-refractivity contribution in [2.24, 2.45) is 11.8 Å². The average Bonchev–Trinajstić information content (AvgIpc) is 3.19. The highest BCUT2D eigenvalue weighted by molar-refractivity contribution is 7.19. The molecule has 1 aromatic carbocycles. The number of hydrogen-bond donors (Lipinski definition) is 2. The van der Waals surface area contributed by atoms with E-state index in [-0.39, 0.29) is 17.9 Å². The Balaban J connectivity index is 1.23. The number of carbonyl (C=O) groups excluding carboxylic acids is 2. The number of benzene rings is 1. The Kier molecular flexibility index (Phi) is 4.73. The third-order valence-electron chi connectivity index (χ3n) is 6.54. The van der Waals surface area contributed by atoms with Crippen molar-refractivity contribution in [2.75, 3.05) is 18.8 Å². The lowest BCUT2D eigenvalue weighted by molar-refractivity contribution is 0.0690. The Bertz CT molecular complexity index is 1390. The molecule has 3 atom stereocenters. The number of nitrogens with two attached hydrogens (primary N) is 1. The van der Waals surface area contributed by atoms with Gasteiger partial charge in [-0.15, -0.1) is 11.3 Å². The van der Waals surface area contributed by atoms with E-state index < -0.39 is 0 Å². The first-order valence-corrected chi connectivity index (χ1v) is 12.5. The molecule has 2 aliphatic rings. The molecule has 0 radical (unpaired) electrons. The molecule has 33 heavy (non-hydrogen) atoms. The van der Waals surface area contributed by atoms with Crippen LogP contribution in [0, 0.1) is 18.8 Å². The highest BCUT2D eigenvalue weighted by atomic mass is 32.1. The van der Waals surface area contributed by atoms with Crippen LogP contribution < -0.4 is 11.1 Å². The zero-order chi connectivity index (χ0) is 22.7. The van der Waals surface area contributed by atoms with Crippen molar-refractivity contribution in [3.05, 3.63) is 59.0 Å². The summed E-state index contributed by atoms with van der Waals surface area (Å²) in [6, 6.07) is 7.96. The van der Waals surface area contributed by atoms with Crippen molar-refractivity contribution < 1.29 is 9.59 Å². The predicted molar refractivity (Wildman–Crippen MR) is 129 cm³/mol. The maximum Gasteiger partial charge on any atom is 0.274 e. The summed E-state index contributed by atoms with van der Waals surface area (Å²) in [4.78, 5) is 38.6. The van der Waals surface area contributed by atoms with Gasteiger partial charge in [0, 0.05) is 24.7 Å². The molecule has 1 aliphatic heterocycles. The van der Waals surface area contributed by atoms with Gasteiger partial charge in [0.2, 0.25) is 0 Å². The summed E-state index contributed by atoms with van der Waals surface area (Å²) in [6.45, 7) is 3.12. The second kappa shape index (κ2) is 7.67. The molecule has 2 fully saturated rings. The summed E-state index contributed by atoms with van der Waals surface area (Å²) in [5.74, 6) is 0.610. The fourth-order valence-corrected chi connectivity index (χ4v) is 6.36. The summed E-state index contributed by atoms with van der Waals surface area (Å²) in [5.41, 5.74) is 8.98. The van der Waals surface area contributed by atoms with Crippen LogP contribution in [0.3, 0.4) is 0 Å². The minimum Gasteiger partial charge on any atom is -0.375 e. The molecule has 6 rings (SSSR count). The largest absolute Gasteiger partial charge is 0.375 e. The Hall–Kier alpha value is -3.24. The minimum absolute atomic E-state index is 0.0504. The summed E-state index contributed by atoms with van der Waals surface area (Å²) >= 11 is 2.82. The lowest BCUT2D eigenvalue weighted by Crippen LogP contribution is -2.46. The molecule has 8 nitrogen and oxygen atoms in total. The van der Waals surface area contributed by atoms with Crippen LogP contribution in [-0.4, -0.2) is 50.2 Å². The van der Waals surface area contributed by atoms with Gasteiger partial charge in [0.15, 0.2) is 10.1 Å². The van der Waals surface area contributed by atoms with Crippen LogP contribution in [-0.2, 0) is 0 Å². The van der Waals surface area contributed by atoms with Crippen LogP contribution in [0.15, 0.2) is 42.0 Å². The fourth-order valence-electron chi connectivity index (χ4n) is 4.85. The van der Waals surface area contributed by atoms with Crippen molar-refractivity contribution in [1.29, 1.82) is 0 Å². The Morgan fingerprint density at radius 1 is 1.33 bits per heavy atom. The predicted octanol–water partition coefficient (Wildman–Crippen LogP) is 3.30. The fraction of sp³-hybridized carbons (Fsp3) is 0.304. The van der Waals surface area contributed by atoms with Crippen LogP contribution in [0.25, 0.3) is 15.4 Å². The number of hydrogen-bond acceptors (Lipinski definition) is 7. The topological polar surface area (TPSA) is 106 Å². The third kappa shape index (κ3) is 3.50. The monoisotopic (exact) mass is 478 g/mol. The molecular weight excluding hydrogens is 456 g/mol. The minimum atomic E-state index is -0.184. The number of nitrogens with one attached hydrogen (secondary N) is 1. The molecule has 168 valence electrons. The van der Waals surface area contributed by atoms with Crippen LogP contribution >= 0.6 is 22.7 Å². The smallest absolute Gasteiger partial charge is 0.274 e. The van der Waals surface area contributed by atoms with Gasteiger partial charge in [-0.3, -0.25) is 14.0 Å². The van der Waals surface area contributed by atoms with Gasteiger partial charge >= 0.3 is 0 Å². The maximum atomic E-state index is 13.6.